The molecule has 2 heterocycles. The largest absolute Gasteiger partial charge is 0.497 e. The predicted molar refractivity (Wildman–Crippen MR) is 179 cm³/mol. The molecule has 1 aliphatic carbocycles. The number of benzene rings is 3. The van der Waals surface area contributed by atoms with Crippen LogP contribution in [-0.4, -0.2) is 51.4 Å². The maximum atomic E-state index is 13.5. The summed E-state index contributed by atoms with van der Waals surface area (Å²) in [6.45, 7) is 1.52. The Labute approximate surface area is 281 Å². The van der Waals surface area contributed by atoms with Gasteiger partial charge in [-0.2, -0.15) is 0 Å². The van der Waals surface area contributed by atoms with E-state index in [0.717, 1.165) is 0 Å². The van der Waals surface area contributed by atoms with Crippen molar-refractivity contribution in [3.63, 3.8) is 0 Å². The number of imide groups is 1. The molecule has 3 aromatic carbocycles. The first-order valence-corrected chi connectivity index (χ1v) is 16.5. The van der Waals surface area contributed by atoms with Gasteiger partial charge in [0, 0.05) is 31.2 Å². The molecule has 1 aromatic heterocycles. The molecule has 8 nitrogen and oxygen atoms in total. The third kappa shape index (κ3) is 6.03. The molecule has 1 aliphatic heterocycles. The smallest absolute Gasteiger partial charge is 0.339 e. The van der Waals surface area contributed by atoms with Crippen LogP contribution in [0, 0.1) is 11.8 Å². The van der Waals surface area contributed by atoms with E-state index in [4.69, 9.17) is 26.1 Å². The zero-order chi connectivity index (χ0) is 32.0. The number of fused-ring (bicyclic) bond motifs is 2. The van der Waals surface area contributed by atoms with Crippen LogP contribution in [0.5, 0.6) is 5.75 Å². The molecule has 5 unspecified atom stereocenters. The number of ether oxygens (including phenoxy) is 2. The lowest BCUT2D eigenvalue weighted by Crippen LogP contribution is -2.34. The van der Waals surface area contributed by atoms with Gasteiger partial charge in [-0.25, -0.2) is 9.78 Å². The highest BCUT2D eigenvalue weighted by Gasteiger charge is 2.52. The van der Waals surface area contributed by atoms with Crippen molar-refractivity contribution in [2.75, 3.05) is 12.0 Å². The number of alkyl halides is 2. The molecule has 45 heavy (non-hydrogen) atoms. The molecule has 5 atom stereocenters. The lowest BCUT2D eigenvalue weighted by atomic mass is 9.81. The van der Waals surface area contributed by atoms with E-state index >= 15 is 0 Å². The highest BCUT2D eigenvalue weighted by atomic mass is 79.9. The van der Waals surface area contributed by atoms with Crippen LogP contribution in [0.4, 0.5) is 5.69 Å². The third-order valence-electron chi connectivity index (χ3n) is 8.35. The monoisotopic (exact) mass is 752 g/mol. The average Bonchev–Trinajstić information content (AvgIpc) is 3.28. The number of esters is 1. The Bertz CT molecular complexity index is 1800. The van der Waals surface area contributed by atoms with E-state index in [1.54, 1.807) is 72.8 Å². The van der Waals surface area contributed by atoms with E-state index < -0.39 is 12.1 Å². The van der Waals surface area contributed by atoms with Gasteiger partial charge in [0.1, 0.15) is 5.75 Å². The molecule has 2 amide bonds. The van der Waals surface area contributed by atoms with Crippen molar-refractivity contribution in [3.05, 3.63) is 88.9 Å². The first-order chi connectivity index (χ1) is 21.5. The molecule has 2 fully saturated rings. The first-order valence-electron chi connectivity index (χ1n) is 14.3. The standard InChI is InChI=1S/C34H27Br2ClN2O6/c1-17(31(40)19-5-10-22(44-2)11-6-19)45-34(43)26-16-30(38-29-12-7-20(37)13-23(26)29)18-3-8-21(9-4-18)39-32(41)24-14-27(35)28(36)15-25(24)33(39)42/h3-13,16-17,24-25,27-28H,14-15H2,1-2H3. The second-order valence-corrected chi connectivity index (χ2v) is 13.9. The fourth-order valence-electron chi connectivity index (χ4n) is 5.91. The number of ketones is 1. The van der Waals surface area contributed by atoms with Gasteiger partial charge in [-0.15, -0.1) is 0 Å². The van der Waals surface area contributed by atoms with Crippen LogP contribution in [0.1, 0.15) is 40.5 Å². The summed E-state index contributed by atoms with van der Waals surface area (Å²) in [5.74, 6) is -1.54. The summed E-state index contributed by atoms with van der Waals surface area (Å²) >= 11 is 13.5. The van der Waals surface area contributed by atoms with E-state index in [2.05, 4.69) is 31.9 Å². The van der Waals surface area contributed by atoms with Crippen LogP contribution in [0.15, 0.2) is 72.8 Å². The zero-order valence-corrected chi connectivity index (χ0v) is 28.1. The van der Waals surface area contributed by atoms with Crippen LogP contribution < -0.4 is 9.64 Å². The van der Waals surface area contributed by atoms with Crippen LogP contribution in [0.2, 0.25) is 5.02 Å². The van der Waals surface area contributed by atoms with Crippen molar-refractivity contribution in [2.45, 2.75) is 35.5 Å². The molecule has 0 bridgehead atoms. The lowest BCUT2D eigenvalue weighted by molar-refractivity contribution is -0.122. The first kappa shape index (κ1) is 31.4. The van der Waals surface area contributed by atoms with Gasteiger partial charge in [-0.05, 0) is 80.4 Å². The van der Waals surface area contributed by atoms with Gasteiger partial charge in [0.25, 0.3) is 0 Å². The zero-order valence-electron chi connectivity index (χ0n) is 24.2. The number of methoxy groups -OCH3 is 1. The Kier molecular flexibility index (Phi) is 8.83. The molecule has 230 valence electrons. The third-order valence-corrected chi connectivity index (χ3v) is 11.3. The molecule has 1 saturated carbocycles. The molecule has 4 aromatic rings. The van der Waals surface area contributed by atoms with Crippen molar-refractivity contribution < 1.29 is 28.7 Å². The topological polar surface area (TPSA) is 103 Å². The Morgan fingerprint density at radius 3 is 2.13 bits per heavy atom. The predicted octanol–water partition coefficient (Wildman–Crippen LogP) is 7.42. The normalized spacial score (nSPS) is 21.8. The van der Waals surface area contributed by atoms with Gasteiger partial charge in [-0.3, -0.25) is 19.3 Å². The highest BCUT2D eigenvalue weighted by Crippen LogP contribution is 2.44. The molecule has 6 rings (SSSR count). The number of rotatable bonds is 7. The van der Waals surface area contributed by atoms with Crippen molar-refractivity contribution in [3.8, 4) is 17.0 Å². The number of amides is 2. The summed E-state index contributed by atoms with van der Waals surface area (Å²) in [6.07, 6.45) is 0.122. The number of anilines is 1. The minimum Gasteiger partial charge on any atom is -0.497 e. The number of carbonyl (C=O) groups is 4. The molecule has 11 heteroatoms. The van der Waals surface area contributed by atoms with Crippen molar-refractivity contribution >= 4 is 83.6 Å². The van der Waals surface area contributed by atoms with E-state index in [1.807, 2.05) is 0 Å². The number of Topliss-reactive ketones (excluding diaryl/α,β-unsaturated/α-hetero) is 1. The summed E-state index contributed by atoms with van der Waals surface area (Å²) in [7, 11) is 1.54. The average molecular weight is 755 g/mol. The van der Waals surface area contributed by atoms with Gasteiger partial charge in [0.05, 0.1) is 41.4 Å². The fraction of sp³-hybridized carbons (Fsp3) is 0.265. The Balaban J connectivity index is 1.28. The molecule has 1 saturated heterocycles. The fourth-order valence-corrected chi connectivity index (χ4v) is 7.32. The lowest BCUT2D eigenvalue weighted by Gasteiger charge is -2.29. The van der Waals surface area contributed by atoms with Crippen LogP contribution in [0.25, 0.3) is 22.2 Å². The Morgan fingerprint density at radius 1 is 0.911 bits per heavy atom. The summed E-state index contributed by atoms with van der Waals surface area (Å²) in [5, 5.41) is 0.888. The molecule has 0 N–H and O–H groups in total. The second kappa shape index (κ2) is 12.7. The van der Waals surface area contributed by atoms with Crippen molar-refractivity contribution in [1.82, 2.24) is 4.98 Å². The molecular weight excluding hydrogens is 728 g/mol. The van der Waals surface area contributed by atoms with Gasteiger partial charge >= 0.3 is 5.97 Å². The van der Waals surface area contributed by atoms with Gasteiger partial charge in [0.2, 0.25) is 17.6 Å². The summed E-state index contributed by atoms with van der Waals surface area (Å²) in [6, 6.07) is 20.1. The summed E-state index contributed by atoms with van der Waals surface area (Å²) in [5.41, 5.74) is 2.69. The SMILES string of the molecule is COc1ccc(C(=O)C(C)OC(=O)c2cc(-c3ccc(N4C(=O)C5CC(Br)C(Br)CC5C4=O)cc3)nc3ccc(Cl)cc23)cc1. The number of pyridine rings is 1. The van der Waals surface area contributed by atoms with E-state index in [-0.39, 0.29) is 44.7 Å². The second-order valence-electron chi connectivity index (χ2n) is 11.1. The Morgan fingerprint density at radius 2 is 1.53 bits per heavy atom. The summed E-state index contributed by atoms with van der Waals surface area (Å²) in [4.78, 5) is 59.3. The minimum absolute atomic E-state index is 0.121. The minimum atomic E-state index is -1.06. The number of aromatic nitrogens is 1. The molecular formula is C34H27Br2ClN2O6. The van der Waals surface area contributed by atoms with Gasteiger partial charge in [-0.1, -0.05) is 55.6 Å². The highest BCUT2D eigenvalue weighted by molar-refractivity contribution is 9.12. The maximum absolute atomic E-state index is 13.5. The van der Waals surface area contributed by atoms with E-state index in [0.29, 0.717) is 57.0 Å². The molecule has 0 radical (unpaired) electrons. The van der Waals surface area contributed by atoms with Crippen LogP contribution in [-0.2, 0) is 14.3 Å². The van der Waals surface area contributed by atoms with Gasteiger partial charge < -0.3 is 9.47 Å². The quantitative estimate of drug-likeness (QED) is 0.0838. The molecule has 0 spiro atoms. The number of carbonyl (C=O) groups excluding carboxylic acids is 4. The van der Waals surface area contributed by atoms with Gasteiger partial charge in [0.15, 0.2) is 6.10 Å². The number of hydrogen-bond acceptors (Lipinski definition) is 7. The molecule has 2 aliphatic rings. The Hall–Kier alpha value is -3.60. The van der Waals surface area contributed by atoms with Crippen molar-refractivity contribution in [2.24, 2.45) is 11.8 Å². The number of nitrogens with zero attached hydrogens (tertiary/aromatic N) is 2. The van der Waals surface area contributed by atoms with Crippen LogP contribution >= 0.6 is 43.5 Å². The van der Waals surface area contributed by atoms with Crippen molar-refractivity contribution in [1.29, 1.82) is 0 Å². The maximum Gasteiger partial charge on any atom is 0.339 e. The van der Waals surface area contributed by atoms with Crippen LogP contribution in [0.3, 0.4) is 0 Å². The van der Waals surface area contributed by atoms with E-state index in [9.17, 15) is 19.2 Å². The summed E-state index contributed by atoms with van der Waals surface area (Å²) < 4.78 is 10.8. The van der Waals surface area contributed by atoms with E-state index in [1.165, 1.54) is 18.9 Å². The number of hydrogen-bond donors (Lipinski definition) is 0. The number of halogens is 3.